The SMILES string of the molecule is CCC(CC)Nc1c2c(nc3c(-c4ccc(OC)cc4C)c(C)nn13)CSC2. The number of nitrogens with zero attached hydrogens (tertiary/aromatic N) is 3. The molecule has 0 saturated heterocycles. The van der Waals surface area contributed by atoms with Crippen LogP contribution in [0.1, 0.15) is 49.2 Å². The number of methoxy groups -OCH3 is 1. The number of hydrogen-bond acceptors (Lipinski definition) is 5. The van der Waals surface area contributed by atoms with Gasteiger partial charge in [0.2, 0.25) is 0 Å². The van der Waals surface area contributed by atoms with Gasteiger partial charge in [-0.1, -0.05) is 19.9 Å². The number of ether oxygens (including phenoxy) is 1. The Labute approximate surface area is 170 Å². The standard InChI is InChI=1S/C22H28N4OS/c1-6-15(7-2)23-21-18-11-28-12-19(18)24-22-20(14(4)25-26(21)22)17-9-8-16(27-5)10-13(17)3/h8-10,15,23H,6-7,11-12H2,1-5H3. The summed E-state index contributed by atoms with van der Waals surface area (Å²) in [6.45, 7) is 8.66. The molecule has 0 radical (unpaired) electrons. The van der Waals surface area contributed by atoms with Crippen molar-refractivity contribution in [3.63, 3.8) is 0 Å². The number of rotatable bonds is 6. The van der Waals surface area contributed by atoms with E-state index < -0.39 is 0 Å². The largest absolute Gasteiger partial charge is 0.497 e. The lowest BCUT2D eigenvalue weighted by Crippen LogP contribution is -2.21. The molecule has 0 aliphatic carbocycles. The van der Waals surface area contributed by atoms with Crippen molar-refractivity contribution in [2.45, 2.75) is 58.1 Å². The third-order valence-corrected chi connectivity index (χ3v) is 6.61. The molecular weight excluding hydrogens is 368 g/mol. The van der Waals surface area contributed by atoms with E-state index in [4.69, 9.17) is 14.8 Å². The molecule has 0 saturated carbocycles. The maximum atomic E-state index is 5.38. The van der Waals surface area contributed by atoms with Crippen molar-refractivity contribution in [3.8, 4) is 16.9 Å². The molecule has 1 aliphatic rings. The van der Waals surface area contributed by atoms with Crippen molar-refractivity contribution >= 4 is 23.2 Å². The van der Waals surface area contributed by atoms with Gasteiger partial charge in [-0.25, -0.2) is 4.98 Å². The van der Waals surface area contributed by atoms with Crippen LogP contribution in [0, 0.1) is 13.8 Å². The minimum atomic E-state index is 0.441. The van der Waals surface area contributed by atoms with Gasteiger partial charge >= 0.3 is 0 Å². The summed E-state index contributed by atoms with van der Waals surface area (Å²) in [6, 6.07) is 6.65. The van der Waals surface area contributed by atoms with E-state index in [1.807, 2.05) is 22.3 Å². The summed E-state index contributed by atoms with van der Waals surface area (Å²) in [5, 5.41) is 8.70. The first-order valence-corrected chi connectivity index (χ1v) is 11.1. The molecule has 0 bridgehead atoms. The highest BCUT2D eigenvalue weighted by molar-refractivity contribution is 7.98. The fraction of sp³-hybridized carbons (Fsp3) is 0.455. The summed E-state index contributed by atoms with van der Waals surface area (Å²) in [6.07, 6.45) is 2.18. The van der Waals surface area contributed by atoms with Gasteiger partial charge in [-0.2, -0.15) is 21.4 Å². The van der Waals surface area contributed by atoms with E-state index in [1.165, 1.54) is 22.4 Å². The molecule has 0 amide bonds. The van der Waals surface area contributed by atoms with Crippen LogP contribution >= 0.6 is 11.8 Å². The molecule has 0 atom stereocenters. The normalized spacial score (nSPS) is 13.4. The van der Waals surface area contributed by atoms with Gasteiger partial charge in [0.1, 0.15) is 11.6 Å². The van der Waals surface area contributed by atoms with Crippen LogP contribution in [-0.4, -0.2) is 27.7 Å². The molecule has 0 spiro atoms. The van der Waals surface area contributed by atoms with E-state index in [-0.39, 0.29) is 0 Å². The van der Waals surface area contributed by atoms with Crippen LogP contribution in [0.3, 0.4) is 0 Å². The number of thioether (sulfide) groups is 1. The Morgan fingerprint density at radius 1 is 1.21 bits per heavy atom. The Kier molecular flexibility index (Phi) is 5.23. The lowest BCUT2D eigenvalue weighted by molar-refractivity contribution is 0.414. The average Bonchev–Trinajstić information content (AvgIpc) is 3.29. The second-order valence-electron chi connectivity index (χ2n) is 7.41. The number of hydrogen-bond donors (Lipinski definition) is 1. The van der Waals surface area contributed by atoms with Crippen LogP contribution < -0.4 is 10.1 Å². The number of anilines is 1. The van der Waals surface area contributed by atoms with Crippen LogP contribution in [0.2, 0.25) is 0 Å². The van der Waals surface area contributed by atoms with Crippen molar-refractivity contribution < 1.29 is 4.74 Å². The Bertz CT molecular complexity index is 1020. The summed E-state index contributed by atoms with van der Waals surface area (Å²) in [5.41, 5.74) is 7.91. The first-order valence-electron chi connectivity index (χ1n) is 9.97. The van der Waals surface area contributed by atoms with Crippen LogP contribution in [-0.2, 0) is 11.5 Å². The predicted octanol–water partition coefficient (Wildman–Crippen LogP) is 5.37. The summed E-state index contributed by atoms with van der Waals surface area (Å²) in [4.78, 5) is 5.06. The zero-order valence-corrected chi connectivity index (χ0v) is 18.1. The highest BCUT2D eigenvalue weighted by atomic mass is 32.2. The van der Waals surface area contributed by atoms with Gasteiger partial charge in [0, 0.05) is 28.7 Å². The summed E-state index contributed by atoms with van der Waals surface area (Å²) in [5.74, 6) is 3.96. The highest BCUT2D eigenvalue weighted by Gasteiger charge is 2.25. The molecule has 28 heavy (non-hydrogen) atoms. The Morgan fingerprint density at radius 2 is 2.00 bits per heavy atom. The van der Waals surface area contributed by atoms with E-state index >= 15 is 0 Å². The molecule has 3 aromatic rings. The first kappa shape index (κ1) is 19.1. The fourth-order valence-electron chi connectivity index (χ4n) is 3.95. The predicted molar refractivity (Wildman–Crippen MR) is 117 cm³/mol. The van der Waals surface area contributed by atoms with Crippen molar-refractivity contribution in [2.75, 3.05) is 12.4 Å². The number of aryl methyl sites for hydroxylation is 2. The maximum absolute atomic E-state index is 5.38. The molecule has 1 N–H and O–H groups in total. The molecule has 1 aliphatic heterocycles. The lowest BCUT2D eigenvalue weighted by atomic mass is 10.0. The smallest absolute Gasteiger partial charge is 0.165 e. The van der Waals surface area contributed by atoms with Crippen molar-refractivity contribution in [3.05, 3.63) is 40.7 Å². The summed E-state index contributed by atoms with van der Waals surface area (Å²) < 4.78 is 7.42. The van der Waals surface area contributed by atoms with Gasteiger partial charge in [-0.05, 0) is 49.9 Å². The summed E-state index contributed by atoms with van der Waals surface area (Å²) in [7, 11) is 1.70. The van der Waals surface area contributed by atoms with Crippen molar-refractivity contribution in [1.29, 1.82) is 0 Å². The number of nitrogens with one attached hydrogen (secondary N) is 1. The number of benzene rings is 1. The zero-order chi connectivity index (χ0) is 19.8. The van der Waals surface area contributed by atoms with E-state index in [1.54, 1.807) is 7.11 Å². The minimum Gasteiger partial charge on any atom is -0.497 e. The zero-order valence-electron chi connectivity index (χ0n) is 17.3. The molecule has 2 aromatic heterocycles. The molecular formula is C22H28N4OS. The fourth-order valence-corrected chi connectivity index (χ4v) is 4.99. The van der Waals surface area contributed by atoms with E-state index in [2.05, 4.69) is 45.1 Å². The van der Waals surface area contributed by atoms with E-state index in [0.29, 0.717) is 6.04 Å². The number of fused-ring (bicyclic) bond motifs is 2. The molecule has 4 rings (SSSR count). The molecule has 0 unspecified atom stereocenters. The van der Waals surface area contributed by atoms with Crippen LogP contribution in [0.5, 0.6) is 5.75 Å². The average molecular weight is 397 g/mol. The van der Waals surface area contributed by atoms with Crippen LogP contribution in [0.4, 0.5) is 5.82 Å². The molecule has 0 fully saturated rings. The third kappa shape index (κ3) is 3.13. The second-order valence-corrected chi connectivity index (χ2v) is 8.40. The van der Waals surface area contributed by atoms with Crippen LogP contribution in [0.15, 0.2) is 18.2 Å². The molecule has 6 heteroatoms. The first-order chi connectivity index (χ1) is 13.6. The van der Waals surface area contributed by atoms with E-state index in [9.17, 15) is 0 Å². The van der Waals surface area contributed by atoms with Gasteiger partial charge in [0.15, 0.2) is 5.65 Å². The topological polar surface area (TPSA) is 51.5 Å². The van der Waals surface area contributed by atoms with Crippen molar-refractivity contribution in [2.24, 2.45) is 0 Å². The quantitative estimate of drug-likeness (QED) is 0.607. The summed E-state index contributed by atoms with van der Waals surface area (Å²) >= 11 is 1.93. The third-order valence-electron chi connectivity index (χ3n) is 5.64. The van der Waals surface area contributed by atoms with Gasteiger partial charge in [0.25, 0.3) is 0 Å². The Balaban J connectivity index is 1.94. The lowest BCUT2D eigenvalue weighted by Gasteiger charge is -2.19. The van der Waals surface area contributed by atoms with E-state index in [0.717, 1.165) is 52.8 Å². The van der Waals surface area contributed by atoms with Crippen LogP contribution in [0.25, 0.3) is 16.8 Å². The maximum Gasteiger partial charge on any atom is 0.165 e. The Morgan fingerprint density at radius 3 is 2.68 bits per heavy atom. The molecule has 5 nitrogen and oxygen atoms in total. The molecule has 1 aromatic carbocycles. The highest BCUT2D eigenvalue weighted by Crippen LogP contribution is 2.39. The monoisotopic (exact) mass is 396 g/mol. The molecule has 3 heterocycles. The van der Waals surface area contributed by atoms with Gasteiger partial charge in [0.05, 0.1) is 18.5 Å². The number of aromatic nitrogens is 3. The second kappa shape index (κ2) is 7.66. The van der Waals surface area contributed by atoms with Gasteiger partial charge in [-0.3, -0.25) is 0 Å². The molecule has 148 valence electrons. The Hall–Kier alpha value is -2.21. The van der Waals surface area contributed by atoms with Crippen molar-refractivity contribution in [1.82, 2.24) is 14.6 Å². The van der Waals surface area contributed by atoms with Gasteiger partial charge < -0.3 is 10.1 Å². The minimum absolute atomic E-state index is 0.441. The van der Waals surface area contributed by atoms with Gasteiger partial charge in [-0.15, -0.1) is 0 Å².